The molecule has 1 saturated heterocycles. The largest absolute Gasteiger partial charge is 2.00 e. The zero-order chi connectivity index (χ0) is 6.95. The van der Waals surface area contributed by atoms with Gasteiger partial charge < -0.3 is 16.5 Å². The van der Waals surface area contributed by atoms with Crippen molar-refractivity contribution in [3.63, 3.8) is 0 Å². The second-order valence-electron chi connectivity index (χ2n) is 1.92. The maximum absolute atomic E-state index is 4.00. The number of nitrogens with one attached hydrogen (secondary N) is 1. The maximum Gasteiger partial charge on any atom is 2.00 e. The van der Waals surface area contributed by atoms with Crippen molar-refractivity contribution in [1.29, 1.82) is 0 Å². The Morgan fingerprint density at radius 1 is 1.60 bits per heavy atom. The van der Waals surface area contributed by atoms with Gasteiger partial charge >= 0.3 is 31.1 Å². The SMILES string of the molecule is [CH-]1CCCNC1.[CH2-]OC.[U+2]. The molecule has 1 heterocycles. The molecule has 0 aromatic carbocycles. The number of hydrogen-bond acceptors (Lipinski definition) is 2. The minimum Gasteiger partial charge on any atom is -0.557 e. The van der Waals surface area contributed by atoms with E-state index in [-0.39, 0.29) is 31.1 Å². The molecule has 1 rings (SSSR count). The Morgan fingerprint density at radius 3 is 2.30 bits per heavy atom. The van der Waals surface area contributed by atoms with Crippen LogP contribution < -0.4 is 5.32 Å². The molecule has 0 amide bonds. The zero-order valence-corrected chi connectivity index (χ0v) is 10.7. The monoisotopic (exact) mass is 367 g/mol. The first-order chi connectivity index (χ1) is 4.41. The summed E-state index contributed by atoms with van der Waals surface area (Å²) in [5.74, 6) is 0. The number of ether oxygens (including phenoxy) is 1. The van der Waals surface area contributed by atoms with Crippen molar-refractivity contribution in [2.75, 3.05) is 20.2 Å². The van der Waals surface area contributed by atoms with Gasteiger partial charge in [0, 0.05) is 0 Å². The van der Waals surface area contributed by atoms with Crippen molar-refractivity contribution in [3.05, 3.63) is 13.5 Å². The Hall–Kier alpha value is 0.972. The fourth-order valence-electron chi connectivity index (χ4n) is 0.678. The van der Waals surface area contributed by atoms with E-state index in [0.29, 0.717) is 0 Å². The fraction of sp³-hybridized carbons (Fsp3) is 0.714. The van der Waals surface area contributed by atoms with E-state index in [0.717, 1.165) is 6.54 Å². The van der Waals surface area contributed by atoms with Crippen molar-refractivity contribution in [3.8, 4) is 0 Å². The van der Waals surface area contributed by atoms with Crippen LogP contribution in [0, 0.1) is 44.6 Å². The van der Waals surface area contributed by atoms with E-state index >= 15 is 0 Å². The molecule has 2 nitrogen and oxygen atoms in total. The van der Waals surface area contributed by atoms with E-state index < -0.39 is 0 Å². The van der Waals surface area contributed by atoms with Crippen molar-refractivity contribution >= 4 is 0 Å². The summed E-state index contributed by atoms with van der Waals surface area (Å²) in [4.78, 5) is 0. The molecule has 0 atom stereocenters. The number of piperidine rings is 1. The third kappa shape index (κ3) is 11.7. The Bertz CT molecular complexity index is 37.4. The summed E-state index contributed by atoms with van der Waals surface area (Å²) in [5, 5.41) is 3.23. The van der Waals surface area contributed by atoms with Gasteiger partial charge in [-0.05, 0) is 13.7 Å². The molecule has 1 aliphatic heterocycles. The fourth-order valence-corrected chi connectivity index (χ4v) is 0.678. The van der Waals surface area contributed by atoms with Crippen LogP contribution in [-0.4, -0.2) is 20.2 Å². The van der Waals surface area contributed by atoms with Crippen molar-refractivity contribution in [1.82, 2.24) is 5.32 Å². The van der Waals surface area contributed by atoms with Gasteiger partial charge in [-0.15, -0.1) is 6.54 Å². The van der Waals surface area contributed by atoms with E-state index in [1.807, 2.05) is 0 Å². The summed E-state index contributed by atoms with van der Waals surface area (Å²) in [6.45, 7) is 2.34. The molecular formula is C7H15NOU. The van der Waals surface area contributed by atoms with Gasteiger partial charge in [-0.25, -0.2) is 7.11 Å². The van der Waals surface area contributed by atoms with Crippen molar-refractivity contribution in [2.45, 2.75) is 12.8 Å². The van der Waals surface area contributed by atoms with Crippen LogP contribution in [0.4, 0.5) is 0 Å². The third-order valence-corrected chi connectivity index (χ3v) is 1.05. The van der Waals surface area contributed by atoms with Crippen LogP contribution in [0.3, 0.4) is 0 Å². The van der Waals surface area contributed by atoms with Crippen LogP contribution in [0.5, 0.6) is 0 Å². The van der Waals surface area contributed by atoms with Crippen molar-refractivity contribution in [2.24, 2.45) is 0 Å². The minimum absolute atomic E-state index is 0. The molecule has 3 heteroatoms. The van der Waals surface area contributed by atoms with Gasteiger partial charge in [0.05, 0.1) is 0 Å². The Kier molecular flexibility index (Phi) is 17.1. The normalized spacial score (nSPS) is 16.2. The van der Waals surface area contributed by atoms with Crippen LogP contribution in [0.15, 0.2) is 0 Å². The average Bonchev–Trinajstić information content (AvgIpc) is 1.93. The van der Waals surface area contributed by atoms with E-state index in [2.05, 4.69) is 23.6 Å². The van der Waals surface area contributed by atoms with E-state index in [9.17, 15) is 0 Å². The van der Waals surface area contributed by atoms with Gasteiger partial charge in [0.1, 0.15) is 0 Å². The van der Waals surface area contributed by atoms with Crippen LogP contribution in [0.1, 0.15) is 12.8 Å². The predicted molar refractivity (Wildman–Crippen MR) is 38.8 cm³/mol. The Balaban J connectivity index is 0. The molecule has 1 fully saturated rings. The molecule has 0 aromatic heterocycles. The molecule has 0 spiro atoms. The van der Waals surface area contributed by atoms with Crippen LogP contribution >= 0.6 is 0 Å². The van der Waals surface area contributed by atoms with E-state index in [1.54, 1.807) is 0 Å². The average molecular weight is 367 g/mol. The smallest absolute Gasteiger partial charge is 0.557 e. The Morgan fingerprint density at radius 2 is 2.20 bits per heavy atom. The van der Waals surface area contributed by atoms with Gasteiger partial charge in [-0.2, -0.15) is 6.42 Å². The molecule has 1 N–H and O–H groups in total. The molecule has 0 unspecified atom stereocenters. The number of hydrogen-bond donors (Lipinski definition) is 1. The standard InChI is InChI=1S/C5H10N.C2H5O.U/c1-2-4-6-5-3-1;1-3-2;/h2,6H,1,3-5H2;1H2,2H3;/q2*-1;+2. The van der Waals surface area contributed by atoms with Gasteiger partial charge in [0.25, 0.3) is 0 Å². The molecule has 1 aliphatic rings. The summed E-state index contributed by atoms with van der Waals surface area (Å²) in [5.41, 5.74) is 0. The topological polar surface area (TPSA) is 21.3 Å². The first-order valence-corrected chi connectivity index (χ1v) is 3.22. The van der Waals surface area contributed by atoms with Crippen LogP contribution in [-0.2, 0) is 4.74 Å². The van der Waals surface area contributed by atoms with Crippen LogP contribution in [0.25, 0.3) is 0 Å². The molecule has 0 bridgehead atoms. The summed E-state index contributed by atoms with van der Waals surface area (Å²) in [6.07, 6.45) is 4.93. The molecular weight excluding hydrogens is 352 g/mol. The maximum atomic E-state index is 4.00. The molecule has 0 radical (unpaired) electrons. The van der Waals surface area contributed by atoms with E-state index in [4.69, 9.17) is 0 Å². The van der Waals surface area contributed by atoms with Gasteiger partial charge in [0.2, 0.25) is 0 Å². The zero-order valence-electron chi connectivity index (χ0n) is 6.52. The van der Waals surface area contributed by atoms with E-state index in [1.165, 1.54) is 26.5 Å². The molecule has 58 valence electrons. The second-order valence-corrected chi connectivity index (χ2v) is 1.92. The number of methoxy groups -OCH3 is 1. The second kappa shape index (κ2) is 12.6. The van der Waals surface area contributed by atoms with Crippen LogP contribution in [0.2, 0.25) is 0 Å². The summed E-state index contributed by atoms with van der Waals surface area (Å²) < 4.78 is 4.00. The summed E-state index contributed by atoms with van der Waals surface area (Å²) in [6, 6.07) is 0. The number of rotatable bonds is 0. The summed E-state index contributed by atoms with van der Waals surface area (Å²) >= 11 is 0. The van der Waals surface area contributed by atoms with Gasteiger partial charge in [-0.1, -0.05) is 6.42 Å². The predicted octanol–water partition coefficient (Wildman–Crippen LogP) is 0.998. The first kappa shape index (κ1) is 13.6. The molecule has 10 heavy (non-hydrogen) atoms. The third-order valence-electron chi connectivity index (χ3n) is 1.05. The van der Waals surface area contributed by atoms with Gasteiger partial charge in [-0.3, -0.25) is 0 Å². The minimum atomic E-state index is 0. The molecule has 0 saturated carbocycles. The molecule has 0 aliphatic carbocycles. The first-order valence-electron chi connectivity index (χ1n) is 3.22. The summed E-state index contributed by atoms with van der Waals surface area (Å²) in [7, 11) is 4.50. The van der Waals surface area contributed by atoms with Gasteiger partial charge in [0.15, 0.2) is 0 Å². The van der Waals surface area contributed by atoms with Crippen molar-refractivity contribution < 1.29 is 35.9 Å². The quantitative estimate of drug-likeness (QED) is 0.645. The molecule has 0 aromatic rings. The Labute approximate surface area is 87.5 Å².